The number of aromatic nitrogens is 1. The molecule has 9 heteroatoms. The molecule has 0 bridgehead atoms. The van der Waals surface area contributed by atoms with Crippen molar-refractivity contribution in [3.63, 3.8) is 0 Å². The summed E-state index contributed by atoms with van der Waals surface area (Å²) in [5.41, 5.74) is 2.20. The van der Waals surface area contributed by atoms with Gasteiger partial charge in [-0.3, -0.25) is 19.2 Å². The highest BCUT2D eigenvalue weighted by atomic mass is 16.2. The first kappa shape index (κ1) is 26.2. The van der Waals surface area contributed by atoms with E-state index in [1.807, 2.05) is 31.3 Å². The Morgan fingerprint density at radius 1 is 0.857 bits per heavy atom. The van der Waals surface area contributed by atoms with Crippen LogP contribution in [0.3, 0.4) is 0 Å². The van der Waals surface area contributed by atoms with Crippen molar-refractivity contribution in [3.05, 3.63) is 36.0 Å². The van der Waals surface area contributed by atoms with Crippen molar-refractivity contribution in [2.24, 2.45) is 0 Å². The number of aryl methyl sites for hydroxylation is 1. The summed E-state index contributed by atoms with van der Waals surface area (Å²) in [7, 11) is 0. The summed E-state index contributed by atoms with van der Waals surface area (Å²) in [5, 5.41) is 9.36. The van der Waals surface area contributed by atoms with Crippen LogP contribution in [0.5, 0.6) is 0 Å². The molecule has 1 aliphatic rings. The number of para-hydroxylation sites is 1. The molecule has 35 heavy (non-hydrogen) atoms. The molecule has 1 fully saturated rings. The monoisotopic (exact) mass is 483 g/mol. The highest BCUT2D eigenvalue weighted by Gasteiger charge is 2.34. The van der Waals surface area contributed by atoms with Gasteiger partial charge in [0.25, 0.3) is 0 Å². The molecule has 4 amide bonds. The van der Waals surface area contributed by atoms with Crippen LogP contribution in [-0.2, 0) is 25.6 Å². The van der Waals surface area contributed by atoms with Crippen LogP contribution >= 0.6 is 0 Å². The van der Waals surface area contributed by atoms with E-state index in [0.717, 1.165) is 35.7 Å². The van der Waals surface area contributed by atoms with Gasteiger partial charge in [-0.25, -0.2) is 0 Å². The van der Waals surface area contributed by atoms with E-state index >= 15 is 0 Å². The van der Waals surface area contributed by atoms with Gasteiger partial charge in [0, 0.05) is 23.6 Å². The molecule has 4 unspecified atom stereocenters. The summed E-state index contributed by atoms with van der Waals surface area (Å²) < 4.78 is 0. The summed E-state index contributed by atoms with van der Waals surface area (Å²) in [5.74, 6) is -1.54. The number of nitrogens with one attached hydrogen (secondary N) is 4. The molecule has 3 rings (SSSR count). The van der Waals surface area contributed by atoms with E-state index in [0.29, 0.717) is 19.4 Å². The van der Waals surface area contributed by atoms with E-state index in [9.17, 15) is 19.2 Å². The van der Waals surface area contributed by atoms with Crippen molar-refractivity contribution in [2.45, 2.75) is 84.0 Å². The summed E-state index contributed by atoms with van der Waals surface area (Å²) in [4.78, 5) is 56.6. The SMILES string of the molecule is CCCCN1C(=O)C(C)NC(=O)C(CCCc2c[nH]c3ccccc23)NC(=O)C(C)NC(=O)C1C. The zero-order valence-corrected chi connectivity index (χ0v) is 21.0. The van der Waals surface area contributed by atoms with Gasteiger partial charge in [0.2, 0.25) is 23.6 Å². The van der Waals surface area contributed by atoms with E-state index in [1.54, 1.807) is 20.8 Å². The van der Waals surface area contributed by atoms with Crippen LogP contribution < -0.4 is 16.0 Å². The van der Waals surface area contributed by atoms with Crippen LogP contribution in [0.1, 0.15) is 58.9 Å². The number of carbonyl (C=O) groups excluding carboxylic acids is 4. The standard InChI is InChI=1S/C26H37N5O4/c1-5-6-14-31-18(4)24(33)28-16(2)23(32)30-22(25(34)29-17(3)26(31)35)13-9-10-19-15-27-21-12-8-7-11-20(19)21/h7-8,11-12,15-18,22,27H,5-6,9-10,13-14H2,1-4H3,(H,28,33)(H,29,34)(H,30,32). The smallest absolute Gasteiger partial charge is 0.245 e. The van der Waals surface area contributed by atoms with Crippen molar-refractivity contribution in [3.8, 4) is 0 Å². The van der Waals surface area contributed by atoms with Gasteiger partial charge in [-0.1, -0.05) is 31.5 Å². The fourth-order valence-electron chi connectivity index (χ4n) is 4.39. The van der Waals surface area contributed by atoms with Crippen molar-refractivity contribution in [1.82, 2.24) is 25.8 Å². The summed E-state index contributed by atoms with van der Waals surface area (Å²) in [6, 6.07) is 4.79. The minimum atomic E-state index is -0.839. The zero-order valence-electron chi connectivity index (χ0n) is 21.0. The van der Waals surface area contributed by atoms with Gasteiger partial charge in [0.15, 0.2) is 0 Å². The zero-order chi connectivity index (χ0) is 25.5. The maximum absolute atomic E-state index is 13.2. The molecule has 1 aliphatic heterocycles. The second-order valence-electron chi connectivity index (χ2n) is 9.33. The fourth-order valence-corrected chi connectivity index (χ4v) is 4.39. The van der Waals surface area contributed by atoms with Crippen molar-refractivity contribution >= 4 is 34.5 Å². The number of carbonyl (C=O) groups is 4. The van der Waals surface area contributed by atoms with Crippen LogP contribution in [0.2, 0.25) is 0 Å². The normalized spacial score (nSPS) is 24.4. The van der Waals surface area contributed by atoms with Gasteiger partial charge < -0.3 is 25.8 Å². The number of nitrogens with zero attached hydrogens (tertiary/aromatic N) is 1. The molecule has 2 aromatic rings. The number of H-pyrrole nitrogens is 1. The number of rotatable bonds is 7. The van der Waals surface area contributed by atoms with Gasteiger partial charge in [-0.15, -0.1) is 0 Å². The Morgan fingerprint density at radius 3 is 2.31 bits per heavy atom. The van der Waals surface area contributed by atoms with Crippen LogP contribution in [0.4, 0.5) is 0 Å². The number of unbranched alkanes of at least 4 members (excludes halogenated alkanes) is 1. The first-order chi connectivity index (χ1) is 16.7. The molecule has 2 heterocycles. The Hall–Kier alpha value is -3.36. The topological polar surface area (TPSA) is 123 Å². The number of aromatic amines is 1. The lowest BCUT2D eigenvalue weighted by atomic mass is 10.0. The summed E-state index contributed by atoms with van der Waals surface area (Å²) in [6.45, 7) is 7.24. The Balaban J connectivity index is 1.75. The van der Waals surface area contributed by atoms with Gasteiger partial charge in [0.1, 0.15) is 24.2 Å². The van der Waals surface area contributed by atoms with Crippen LogP contribution in [-0.4, -0.2) is 64.2 Å². The Morgan fingerprint density at radius 2 is 1.57 bits per heavy atom. The van der Waals surface area contributed by atoms with Crippen molar-refractivity contribution in [1.29, 1.82) is 0 Å². The summed E-state index contributed by atoms with van der Waals surface area (Å²) >= 11 is 0. The molecule has 4 atom stereocenters. The van der Waals surface area contributed by atoms with Gasteiger partial charge in [-0.05, 0) is 58.1 Å². The molecule has 1 saturated heterocycles. The minimum absolute atomic E-state index is 0.313. The number of benzene rings is 1. The van der Waals surface area contributed by atoms with E-state index in [4.69, 9.17) is 0 Å². The third kappa shape index (κ3) is 6.41. The van der Waals surface area contributed by atoms with Crippen molar-refractivity contribution in [2.75, 3.05) is 6.54 Å². The lowest BCUT2D eigenvalue weighted by Gasteiger charge is -2.33. The Labute approximate surface area is 206 Å². The lowest BCUT2D eigenvalue weighted by molar-refractivity contribution is -0.144. The molecular weight excluding hydrogens is 446 g/mol. The molecular formula is C26H37N5O4. The number of hydrogen-bond acceptors (Lipinski definition) is 4. The maximum Gasteiger partial charge on any atom is 0.245 e. The first-order valence-electron chi connectivity index (χ1n) is 12.5. The van der Waals surface area contributed by atoms with E-state index in [-0.39, 0.29) is 5.91 Å². The van der Waals surface area contributed by atoms with E-state index in [2.05, 4.69) is 27.0 Å². The molecule has 1 aromatic heterocycles. The second kappa shape index (κ2) is 11.9. The van der Waals surface area contributed by atoms with E-state index in [1.165, 1.54) is 4.90 Å². The lowest BCUT2D eigenvalue weighted by Crippen LogP contribution is -2.61. The number of amides is 4. The molecule has 0 radical (unpaired) electrons. The third-order valence-corrected chi connectivity index (χ3v) is 6.61. The number of fused-ring (bicyclic) bond motifs is 1. The molecule has 4 N–H and O–H groups in total. The molecule has 0 spiro atoms. The van der Waals surface area contributed by atoms with Crippen LogP contribution in [0, 0.1) is 0 Å². The quantitative estimate of drug-likeness (QED) is 0.481. The molecule has 1 aromatic carbocycles. The Bertz CT molecular complexity index is 1060. The average Bonchev–Trinajstić information content (AvgIpc) is 3.25. The number of hydrogen-bond donors (Lipinski definition) is 4. The Kier molecular flexibility index (Phi) is 8.89. The molecule has 9 nitrogen and oxygen atoms in total. The molecule has 0 aliphatic carbocycles. The predicted molar refractivity (Wildman–Crippen MR) is 134 cm³/mol. The summed E-state index contributed by atoms with van der Waals surface area (Å²) in [6.07, 6.45) is 5.34. The highest BCUT2D eigenvalue weighted by Crippen LogP contribution is 2.20. The molecule has 190 valence electrons. The average molecular weight is 484 g/mol. The van der Waals surface area contributed by atoms with Crippen LogP contribution in [0.15, 0.2) is 30.5 Å². The highest BCUT2D eigenvalue weighted by molar-refractivity contribution is 5.97. The maximum atomic E-state index is 13.2. The minimum Gasteiger partial charge on any atom is -0.361 e. The molecule has 0 saturated carbocycles. The van der Waals surface area contributed by atoms with E-state index < -0.39 is 41.9 Å². The fraction of sp³-hybridized carbons (Fsp3) is 0.538. The predicted octanol–water partition coefficient (Wildman–Crippen LogP) is 2.02. The van der Waals surface area contributed by atoms with Crippen LogP contribution in [0.25, 0.3) is 10.9 Å². The largest absolute Gasteiger partial charge is 0.361 e. The van der Waals surface area contributed by atoms with Gasteiger partial charge in [-0.2, -0.15) is 0 Å². The second-order valence-corrected chi connectivity index (χ2v) is 9.33. The third-order valence-electron chi connectivity index (χ3n) is 6.61. The van der Waals surface area contributed by atoms with Gasteiger partial charge >= 0.3 is 0 Å². The van der Waals surface area contributed by atoms with Crippen molar-refractivity contribution < 1.29 is 19.2 Å². The van der Waals surface area contributed by atoms with Gasteiger partial charge in [0.05, 0.1) is 0 Å². The first-order valence-corrected chi connectivity index (χ1v) is 12.5.